The number of allylic oxidation sites excluding steroid dienone is 2. The first-order valence-electron chi connectivity index (χ1n) is 13.0. The molecule has 2 heterocycles. The molecule has 0 aliphatic carbocycles. The molecule has 1 N–H and O–H groups in total. The third-order valence-corrected chi connectivity index (χ3v) is 6.16. The second-order valence-corrected chi connectivity index (χ2v) is 12.1. The van der Waals surface area contributed by atoms with Crippen LogP contribution in [0.3, 0.4) is 0 Å². The number of hydrogen-bond acceptors (Lipinski definition) is 4. The molecule has 0 aliphatic rings. The van der Waals surface area contributed by atoms with Crippen LogP contribution in [0.4, 0.5) is 0 Å². The van der Waals surface area contributed by atoms with E-state index in [1.807, 2.05) is 12.1 Å². The SMILES string of the molecule is CC(=O)/C=C(/C)O.Cc1[c-]c(-c2ccc3oc(-c4cc(C(C)(C)C)cc(C(C)(C)C)c4)cc3n2)cc(C)c1.[Ir]. The second-order valence-electron chi connectivity index (χ2n) is 12.1. The number of furan rings is 1. The number of aryl methyl sites for hydroxylation is 2. The van der Waals surface area contributed by atoms with Gasteiger partial charge in [0.25, 0.3) is 0 Å². The summed E-state index contributed by atoms with van der Waals surface area (Å²) in [7, 11) is 0. The minimum Gasteiger partial charge on any atom is -0.512 e. The summed E-state index contributed by atoms with van der Waals surface area (Å²) in [6, 6.07) is 20.6. The molecule has 0 unspecified atom stereocenters. The molecular formula is C34H40IrNO3-. The zero-order chi connectivity index (χ0) is 28.4. The van der Waals surface area contributed by atoms with Crippen molar-refractivity contribution >= 4 is 16.9 Å². The Kier molecular flexibility index (Phi) is 10.3. The third kappa shape index (κ3) is 8.74. The molecule has 209 valence electrons. The van der Waals surface area contributed by atoms with Crippen molar-refractivity contribution in [1.29, 1.82) is 0 Å². The molecule has 0 spiro atoms. The predicted molar refractivity (Wildman–Crippen MR) is 158 cm³/mol. The molecule has 0 aliphatic heterocycles. The largest absolute Gasteiger partial charge is 0.512 e. The molecule has 4 rings (SSSR count). The Bertz CT molecular complexity index is 1440. The maximum Gasteiger partial charge on any atom is 0.155 e. The van der Waals surface area contributed by atoms with Gasteiger partial charge >= 0.3 is 0 Å². The van der Waals surface area contributed by atoms with Crippen molar-refractivity contribution in [2.24, 2.45) is 0 Å². The molecule has 5 heteroatoms. The molecule has 2 aromatic carbocycles. The van der Waals surface area contributed by atoms with Crippen LogP contribution in [0.25, 0.3) is 33.7 Å². The van der Waals surface area contributed by atoms with Gasteiger partial charge < -0.3 is 9.52 Å². The van der Waals surface area contributed by atoms with E-state index >= 15 is 0 Å². The van der Waals surface area contributed by atoms with Crippen molar-refractivity contribution < 1.29 is 34.4 Å². The Hall–Kier alpha value is -3.01. The van der Waals surface area contributed by atoms with Crippen molar-refractivity contribution in [2.75, 3.05) is 0 Å². The first-order valence-corrected chi connectivity index (χ1v) is 13.0. The molecule has 4 nitrogen and oxygen atoms in total. The molecule has 0 amide bonds. The number of fused-ring (bicyclic) bond motifs is 1. The number of pyridine rings is 1. The van der Waals surface area contributed by atoms with E-state index in [1.54, 1.807) is 0 Å². The standard InChI is InChI=1S/C29H32NO.C5H8O2.Ir/c1-18-11-19(2)13-20(12-18)24-9-10-26-25(30-24)17-27(31-26)21-14-22(28(3,4)5)16-23(15-21)29(6,7)8;1-4(6)3-5(2)7;/h9-12,14-17H,1-8H3;3,6H,1-2H3;/q-1;;/b;4-3-;. The van der Waals surface area contributed by atoms with Crippen LogP contribution in [0.1, 0.15) is 77.6 Å². The number of aromatic nitrogens is 1. The summed E-state index contributed by atoms with van der Waals surface area (Å²) in [4.78, 5) is 14.9. The van der Waals surface area contributed by atoms with E-state index in [-0.39, 0.29) is 42.5 Å². The minimum absolute atomic E-state index is 0. The Morgan fingerprint density at radius 1 is 0.897 bits per heavy atom. The van der Waals surface area contributed by atoms with Crippen molar-refractivity contribution in [3.8, 4) is 22.6 Å². The van der Waals surface area contributed by atoms with E-state index in [0.717, 1.165) is 39.2 Å². The normalized spacial score (nSPS) is 12.0. The fourth-order valence-electron chi connectivity index (χ4n) is 4.18. The van der Waals surface area contributed by atoms with Crippen molar-refractivity contribution in [3.63, 3.8) is 0 Å². The van der Waals surface area contributed by atoms with Gasteiger partial charge in [-0.1, -0.05) is 67.5 Å². The number of carbonyl (C=O) groups excluding carboxylic acids is 1. The Morgan fingerprint density at radius 3 is 1.95 bits per heavy atom. The fourth-order valence-corrected chi connectivity index (χ4v) is 4.18. The second kappa shape index (κ2) is 12.4. The van der Waals surface area contributed by atoms with E-state index in [1.165, 1.54) is 36.6 Å². The number of rotatable bonds is 3. The first kappa shape index (κ1) is 32.2. The molecule has 1 radical (unpaired) electrons. The van der Waals surface area contributed by atoms with Gasteiger partial charge in [0.05, 0.1) is 11.3 Å². The molecule has 0 atom stereocenters. The van der Waals surface area contributed by atoms with Crippen LogP contribution in [-0.2, 0) is 35.7 Å². The quantitative estimate of drug-likeness (QED) is 0.131. The molecule has 0 fully saturated rings. The molecular weight excluding hydrogens is 663 g/mol. The Labute approximate surface area is 246 Å². The summed E-state index contributed by atoms with van der Waals surface area (Å²) in [5.41, 5.74) is 9.82. The summed E-state index contributed by atoms with van der Waals surface area (Å²) in [5, 5.41) is 8.36. The minimum atomic E-state index is -0.125. The van der Waals surface area contributed by atoms with Gasteiger partial charge in [0.2, 0.25) is 0 Å². The van der Waals surface area contributed by atoms with E-state index in [2.05, 4.69) is 97.9 Å². The zero-order valence-electron chi connectivity index (χ0n) is 24.7. The average molecular weight is 703 g/mol. The van der Waals surface area contributed by atoms with E-state index in [0.29, 0.717) is 0 Å². The third-order valence-electron chi connectivity index (χ3n) is 6.16. The van der Waals surface area contributed by atoms with E-state index in [4.69, 9.17) is 14.5 Å². The van der Waals surface area contributed by atoms with Crippen LogP contribution in [0, 0.1) is 19.9 Å². The number of ketones is 1. The van der Waals surface area contributed by atoms with Gasteiger partial charge in [0, 0.05) is 37.8 Å². The van der Waals surface area contributed by atoms with Gasteiger partial charge in [-0.05, 0) is 59.7 Å². The number of benzene rings is 2. The van der Waals surface area contributed by atoms with Crippen LogP contribution in [0.2, 0.25) is 0 Å². The molecule has 0 bridgehead atoms. The maximum absolute atomic E-state index is 10.0. The monoisotopic (exact) mass is 703 g/mol. The molecule has 0 saturated carbocycles. The number of aliphatic hydroxyl groups excluding tert-OH is 1. The number of carbonyl (C=O) groups is 1. The van der Waals surface area contributed by atoms with Crippen LogP contribution >= 0.6 is 0 Å². The maximum atomic E-state index is 10.0. The van der Waals surface area contributed by atoms with Gasteiger partial charge in [-0.2, -0.15) is 0 Å². The van der Waals surface area contributed by atoms with Crippen molar-refractivity contribution in [3.05, 3.63) is 88.7 Å². The summed E-state index contributed by atoms with van der Waals surface area (Å²) in [6.45, 7) is 20.6. The van der Waals surface area contributed by atoms with Gasteiger partial charge in [-0.25, -0.2) is 0 Å². The van der Waals surface area contributed by atoms with Crippen LogP contribution in [0.15, 0.2) is 64.8 Å². The van der Waals surface area contributed by atoms with E-state index in [9.17, 15) is 4.79 Å². The summed E-state index contributed by atoms with van der Waals surface area (Å²) in [6.07, 6.45) is 1.17. The molecule has 4 aromatic rings. The fraction of sp³-hybridized carbons (Fsp3) is 0.353. The van der Waals surface area contributed by atoms with Crippen molar-refractivity contribution in [2.45, 2.75) is 80.1 Å². The van der Waals surface area contributed by atoms with Gasteiger partial charge in [0.15, 0.2) is 11.4 Å². The molecule has 0 saturated heterocycles. The Balaban J connectivity index is 0.000000592. The van der Waals surface area contributed by atoms with E-state index < -0.39 is 0 Å². The smallest absolute Gasteiger partial charge is 0.155 e. The van der Waals surface area contributed by atoms with Crippen LogP contribution in [0.5, 0.6) is 0 Å². The first-order chi connectivity index (χ1) is 17.5. The summed E-state index contributed by atoms with van der Waals surface area (Å²) >= 11 is 0. The number of nitrogens with zero attached hydrogens (tertiary/aromatic N) is 1. The average Bonchev–Trinajstić information content (AvgIpc) is 3.20. The van der Waals surface area contributed by atoms with Crippen molar-refractivity contribution in [1.82, 2.24) is 4.98 Å². The molecule has 39 heavy (non-hydrogen) atoms. The summed E-state index contributed by atoms with van der Waals surface area (Å²) in [5.74, 6) is 0.799. The topological polar surface area (TPSA) is 63.3 Å². The van der Waals surface area contributed by atoms with Crippen LogP contribution < -0.4 is 0 Å². The molecule has 2 aromatic heterocycles. The Morgan fingerprint density at radius 2 is 1.49 bits per heavy atom. The predicted octanol–water partition coefficient (Wildman–Crippen LogP) is 9.21. The van der Waals surface area contributed by atoms with Gasteiger partial charge in [-0.15, -0.1) is 34.9 Å². The van der Waals surface area contributed by atoms with Gasteiger partial charge in [-0.3, -0.25) is 9.78 Å². The van der Waals surface area contributed by atoms with Gasteiger partial charge in [0.1, 0.15) is 5.76 Å². The zero-order valence-corrected chi connectivity index (χ0v) is 27.1. The van der Waals surface area contributed by atoms with Crippen LogP contribution in [-0.4, -0.2) is 15.9 Å². The number of hydrogen-bond donors (Lipinski definition) is 1. The summed E-state index contributed by atoms with van der Waals surface area (Å²) < 4.78 is 6.26. The number of aliphatic hydroxyl groups is 1.